The first-order valence-electron chi connectivity index (χ1n) is 8.98. The number of sulfonamides is 1. The van der Waals surface area contributed by atoms with E-state index in [9.17, 15) is 18.0 Å². The Morgan fingerprint density at radius 1 is 1.19 bits per heavy atom. The Kier molecular flexibility index (Phi) is 8.59. The fraction of sp³-hybridized carbons (Fsp3) is 0.556. The number of nitrogens with one attached hydrogen (secondary N) is 1. The SMILES string of the molecule is COC(=O)CSCCC(=O)Nc1cccc(S(=O)(=O)N2CCCCCC2)c1. The van der Waals surface area contributed by atoms with Gasteiger partial charge in [0.25, 0.3) is 0 Å². The van der Waals surface area contributed by atoms with Crippen LogP contribution in [0.2, 0.25) is 0 Å². The number of carbonyl (C=O) groups excluding carboxylic acids is 2. The third-order valence-electron chi connectivity index (χ3n) is 4.24. The highest BCUT2D eigenvalue weighted by Gasteiger charge is 2.25. The van der Waals surface area contributed by atoms with Gasteiger partial charge in [0.05, 0.1) is 17.8 Å². The van der Waals surface area contributed by atoms with Crippen LogP contribution >= 0.6 is 11.8 Å². The minimum atomic E-state index is -3.55. The van der Waals surface area contributed by atoms with Gasteiger partial charge in [0, 0.05) is 31.0 Å². The zero-order valence-electron chi connectivity index (χ0n) is 15.5. The molecular formula is C18H26N2O5S2. The van der Waals surface area contributed by atoms with E-state index >= 15 is 0 Å². The second-order valence-electron chi connectivity index (χ2n) is 6.27. The van der Waals surface area contributed by atoms with E-state index in [0.717, 1.165) is 25.7 Å². The van der Waals surface area contributed by atoms with E-state index < -0.39 is 10.0 Å². The average Bonchev–Trinajstić information content (AvgIpc) is 2.95. The highest BCUT2D eigenvalue weighted by atomic mass is 32.2. The van der Waals surface area contributed by atoms with Gasteiger partial charge in [0.1, 0.15) is 0 Å². The first-order valence-corrected chi connectivity index (χ1v) is 11.6. The molecule has 0 saturated carbocycles. The summed E-state index contributed by atoms with van der Waals surface area (Å²) >= 11 is 1.32. The molecule has 1 aliphatic heterocycles. The molecule has 27 heavy (non-hydrogen) atoms. The van der Waals surface area contributed by atoms with E-state index in [2.05, 4.69) is 10.1 Å². The summed E-state index contributed by atoms with van der Waals surface area (Å²) < 4.78 is 31.8. The summed E-state index contributed by atoms with van der Waals surface area (Å²) in [6.45, 7) is 1.08. The second kappa shape index (κ2) is 10.7. The van der Waals surface area contributed by atoms with Crippen LogP contribution < -0.4 is 5.32 Å². The molecule has 1 aliphatic rings. The maximum atomic E-state index is 12.8. The summed E-state index contributed by atoms with van der Waals surface area (Å²) in [4.78, 5) is 23.3. The number of hydrogen-bond donors (Lipinski definition) is 1. The van der Waals surface area contributed by atoms with Crippen molar-refractivity contribution in [2.24, 2.45) is 0 Å². The molecule has 0 spiro atoms. The van der Waals surface area contributed by atoms with Crippen LogP contribution in [0.25, 0.3) is 0 Å². The molecule has 0 aromatic heterocycles. The fourth-order valence-corrected chi connectivity index (χ4v) is 5.09. The number of anilines is 1. The van der Waals surface area contributed by atoms with Crippen molar-refractivity contribution in [1.82, 2.24) is 4.31 Å². The third kappa shape index (κ3) is 6.82. The molecule has 0 aliphatic carbocycles. The predicted molar refractivity (Wildman–Crippen MR) is 106 cm³/mol. The molecule has 1 heterocycles. The summed E-state index contributed by atoms with van der Waals surface area (Å²) in [5.41, 5.74) is 0.453. The first kappa shape index (κ1) is 21.7. The monoisotopic (exact) mass is 414 g/mol. The lowest BCUT2D eigenvalue weighted by Crippen LogP contribution is -2.32. The summed E-state index contributed by atoms with van der Waals surface area (Å²) in [5.74, 6) is 0.128. The lowest BCUT2D eigenvalue weighted by molar-refractivity contribution is -0.137. The predicted octanol–water partition coefficient (Wildman–Crippen LogP) is 2.49. The van der Waals surface area contributed by atoms with E-state index in [1.165, 1.54) is 29.2 Å². The number of methoxy groups -OCH3 is 1. The van der Waals surface area contributed by atoms with Crippen LogP contribution in [0, 0.1) is 0 Å². The van der Waals surface area contributed by atoms with Crippen molar-refractivity contribution in [2.75, 3.05) is 37.0 Å². The van der Waals surface area contributed by atoms with E-state index in [0.29, 0.717) is 24.5 Å². The van der Waals surface area contributed by atoms with E-state index in [4.69, 9.17) is 0 Å². The van der Waals surface area contributed by atoms with Crippen molar-refractivity contribution < 1.29 is 22.7 Å². The number of amides is 1. The molecule has 1 N–H and O–H groups in total. The van der Waals surface area contributed by atoms with Gasteiger partial charge in [-0.25, -0.2) is 8.42 Å². The van der Waals surface area contributed by atoms with Crippen molar-refractivity contribution in [3.8, 4) is 0 Å². The van der Waals surface area contributed by atoms with Crippen LogP contribution in [-0.4, -0.2) is 56.3 Å². The maximum Gasteiger partial charge on any atom is 0.315 e. The average molecular weight is 415 g/mol. The molecule has 9 heteroatoms. The van der Waals surface area contributed by atoms with Gasteiger partial charge in [-0.05, 0) is 31.0 Å². The Bertz CT molecular complexity index is 744. The van der Waals surface area contributed by atoms with E-state index in [1.807, 2.05) is 0 Å². The van der Waals surface area contributed by atoms with E-state index in [1.54, 1.807) is 18.2 Å². The minimum Gasteiger partial charge on any atom is -0.468 e. The third-order valence-corrected chi connectivity index (χ3v) is 7.07. The number of esters is 1. The van der Waals surface area contributed by atoms with Gasteiger partial charge in [-0.1, -0.05) is 18.9 Å². The number of rotatable bonds is 8. The molecule has 0 unspecified atom stereocenters. The van der Waals surface area contributed by atoms with Crippen LogP contribution in [0.3, 0.4) is 0 Å². The number of benzene rings is 1. The Hall–Kier alpha value is -1.58. The topological polar surface area (TPSA) is 92.8 Å². The Labute approximate surface area is 164 Å². The van der Waals surface area contributed by atoms with Crippen LogP contribution in [0.4, 0.5) is 5.69 Å². The fourth-order valence-electron chi connectivity index (χ4n) is 2.77. The molecular weight excluding hydrogens is 388 g/mol. The van der Waals surface area contributed by atoms with Gasteiger partial charge in [0.2, 0.25) is 15.9 Å². The zero-order chi connectivity index (χ0) is 19.7. The highest BCUT2D eigenvalue weighted by Crippen LogP contribution is 2.22. The summed E-state index contributed by atoms with van der Waals surface area (Å²) in [7, 11) is -2.23. The summed E-state index contributed by atoms with van der Waals surface area (Å²) in [6.07, 6.45) is 4.08. The van der Waals surface area contributed by atoms with Gasteiger partial charge < -0.3 is 10.1 Å². The standard InChI is InChI=1S/C18H26N2O5S2/c1-25-18(22)14-26-12-9-17(21)19-15-7-6-8-16(13-15)27(23,24)20-10-4-2-3-5-11-20/h6-8,13H,2-5,9-12,14H2,1H3,(H,19,21). The van der Waals surface area contributed by atoms with Crippen LogP contribution in [0.5, 0.6) is 0 Å². The lowest BCUT2D eigenvalue weighted by atomic mass is 10.2. The Morgan fingerprint density at radius 2 is 1.89 bits per heavy atom. The van der Waals surface area contributed by atoms with Crippen LogP contribution in [0.1, 0.15) is 32.1 Å². The summed E-state index contributed by atoms with van der Waals surface area (Å²) in [5, 5.41) is 2.72. The van der Waals surface area contributed by atoms with Gasteiger partial charge in [-0.3, -0.25) is 9.59 Å². The number of carbonyl (C=O) groups is 2. The lowest BCUT2D eigenvalue weighted by Gasteiger charge is -2.20. The van der Waals surface area contributed by atoms with Crippen LogP contribution in [-0.2, 0) is 24.3 Å². The molecule has 1 fully saturated rings. The minimum absolute atomic E-state index is 0.197. The van der Waals surface area contributed by atoms with Crippen molar-refractivity contribution in [3.63, 3.8) is 0 Å². The highest BCUT2D eigenvalue weighted by molar-refractivity contribution is 7.99. The zero-order valence-corrected chi connectivity index (χ0v) is 17.1. The maximum absolute atomic E-state index is 12.8. The van der Waals surface area contributed by atoms with Gasteiger partial charge in [0.15, 0.2) is 0 Å². The molecule has 2 rings (SSSR count). The largest absolute Gasteiger partial charge is 0.468 e. The molecule has 0 atom stereocenters. The Balaban J connectivity index is 1.94. The van der Waals surface area contributed by atoms with Gasteiger partial charge in [-0.2, -0.15) is 4.31 Å². The molecule has 150 valence electrons. The number of thioether (sulfide) groups is 1. The molecule has 7 nitrogen and oxygen atoms in total. The second-order valence-corrected chi connectivity index (χ2v) is 9.32. The number of nitrogens with zero attached hydrogens (tertiary/aromatic N) is 1. The molecule has 1 aromatic rings. The van der Waals surface area contributed by atoms with Gasteiger partial charge >= 0.3 is 5.97 Å². The molecule has 1 amide bonds. The van der Waals surface area contributed by atoms with Crippen LogP contribution in [0.15, 0.2) is 29.2 Å². The molecule has 0 bridgehead atoms. The first-order chi connectivity index (χ1) is 12.9. The quantitative estimate of drug-likeness (QED) is 0.519. The smallest absolute Gasteiger partial charge is 0.315 e. The van der Waals surface area contributed by atoms with Crippen molar-refractivity contribution >= 4 is 39.3 Å². The number of hydrogen-bond acceptors (Lipinski definition) is 6. The van der Waals surface area contributed by atoms with Crippen molar-refractivity contribution in [1.29, 1.82) is 0 Å². The normalized spacial score (nSPS) is 15.7. The van der Waals surface area contributed by atoms with E-state index in [-0.39, 0.29) is 28.9 Å². The summed E-state index contributed by atoms with van der Waals surface area (Å²) in [6, 6.07) is 6.36. The van der Waals surface area contributed by atoms with Crippen molar-refractivity contribution in [3.05, 3.63) is 24.3 Å². The van der Waals surface area contributed by atoms with Crippen molar-refractivity contribution in [2.45, 2.75) is 37.0 Å². The molecule has 0 radical (unpaired) electrons. The van der Waals surface area contributed by atoms with Gasteiger partial charge in [-0.15, -0.1) is 11.8 Å². The molecule has 1 saturated heterocycles. The number of ether oxygens (including phenoxy) is 1. The molecule has 1 aromatic carbocycles. The Morgan fingerprint density at radius 3 is 2.56 bits per heavy atom.